The third-order valence-corrected chi connectivity index (χ3v) is 3.68. The Morgan fingerprint density at radius 2 is 2.40 bits per heavy atom. The van der Waals surface area contributed by atoms with E-state index in [4.69, 9.17) is 16.3 Å². The molecular formula is C14H20ClN3O2. The first-order valence-corrected chi connectivity index (χ1v) is 7.33. The van der Waals surface area contributed by atoms with E-state index in [1.54, 1.807) is 12.3 Å². The lowest BCUT2D eigenvalue weighted by molar-refractivity contribution is -0.00281. The minimum absolute atomic E-state index is 0.0300. The van der Waals surface area contributed by atoms with Gasteiger partial charge in [0, 0.05) is 19.3 Å². The van der Waals surface area contributed by atoms with E-state index in [9.17, 15) is 4.79 Å². The third kappa shape index (κ3) is 3.22. The number of nitrogens with one attached hydrogen (secondary N) is 1. The molecule has 0 aromatic carbocycles. The van der Waals surface area contributed by atoms with E-state index in [2.05, 4.69) is 17.2 Å². The van der Waals surface area contributed by atoms with Gasteiger partial charge in [0.1, 0.15) is 5.82 Å². The molecule has 1 amide bonds. The Morgan fingerprint density at radius 1 is 1.60 bits per heavy atom. The molecule has 1 aromatic rings. The number of carbonyl (C=O) groups excluding carboxylic acids is 1. The number of ether oxygens (including phenoxy) is 1. The monoisotopic (exact) mass is 297 g/mol. The summed E-state index contributed by atoms with van der Waals surface area (Å²) in [4.78, 5) is 18.6. The van der Waals surface area contributed by atoms with Gasteiger partial charge in [-0.15, -0.1) is 0 Å². The molecule has 1 N–H and O–H groups in total. The van der Waals surface area contributed by atoms with E-state index in [0.29, 0.717) is 36.2 Å². The SMILES string of the molecule is CCNc1ncc(C(=O)N2CCOCC2CC)cc1Cl. The lowest BCUT2D eigenvalue weighted by atomic mass is 10.1. The van der Waals surface area contributed by atoms with Crippen LogP contribution in [0.5, 0.6) is 0 Å². The van der Waals surface area contributed by atoms with Crippen LogP contribution < -0.4 is 5.32 Å². The Hall–Kier alpha value is -1.33. The Bertz CT molecular complexity index is 481. The molecule has 110 valence electrons. The highest BCUT2D eigenvalue weighted by Crippen LogP contribution is 2.22. The summed E-state index contributed by atoms with van der Waals surface area (Å²) in [5.74, 6) is 0.581. The number of carbonyl (C=O) groups is 1. The molecule has 1 aliphatic heterocycles. The van der Waals surface area contributed by atoms with Crippen molar-refractivity contribution in [3.05, 3.63) is 22.8 Å². The molecule has 6 heteroatoms. The standard InChI is InChI=1S/C14H20ClN3O2/c1-3-11-9-20-6-5-18(11)14(19)10-7-12(15)13(16-4-2)17-8-10/h7-8,11H,3-6,9H2,1-2H3,(H,16,17). The zero-order chi connectivity index (χ0) is 14.5. The van der Waals surface area contributed by atoms with Crippen molar-refractivity contribution in [2.45, 2.75) is 26.3 Å². The van der Waals surface area contributed by atoms with Crippen LogP contribution in [0.2, 0.25) is 5.02 Å². The topological polar surface area (TPSA) is 54.5 Å². The van der Waals surface area contributed by atoms with Gasteiger partial charge in [0.05, 0.1) is 29.8 Å². The Labute approximate surface area is 124 Å². The van der Waals surface area contributed by atoms with E-state index in [1.165, 1.54) is 0 Å². The highest BCUT2D eigenvalue weighted by Gasteiger charge is 2.27. The van der Waals surface area contributed by atoms with Crippen LogP contribution in [-0.4, -0.2) is 48.1 Å². The molecule has 1 aliphatic rings. The number of hydrogen-bond donors (Lipinski definition) is 1. The number of amides is 1. The van der Waals surface area contributed by atoms with Crippen molar-refractivity contribution in [3.63, 3.8) is 0 Å². The molecule has 1 aromatic heterocycles. The van der Waals surface area contributed by atoms with Crippen molar-refractivity contribution < 1.29 is 9.53 Å². The molecule has 5 nitrogen and oxygen atoms in total. The fourth-order valence-electron chi connectivity index (χ4n) is 2.28. The zero-order valence-electron chi connectivity index (χ0n) is 11.9. The van der Waals surface area contributed by atoms with Gasteiger partial charge in [-0.05, 0) is 19.4 Å². The van der Waals surface area contributed by atoms with Crippen molar-refractivity contribution in [1.82, 2.24) is 9.88 Å². The first-order valence-electron chi connectivity index (χ1n) is 6.95. The molecule has 1 atom stereocenters. The fraction of sp³-hybridized carbons (Fsp3) is 0.571. The van der Waals surface area contributed by atoms with Crippen molar-refractivity contribution >= 4 is 23.3 Å². The molecule has 0 aliphatic carbocycles. The summed E-state index contributed by atoms with van der Waals surface area (Å²) in [5, 5.41) is 3.52. The number of morpholine rings is 1. The maximum absolute atomic E-state index is 12.5. The van der Waals surface area contributed by atoms with Crippen LogP contribution in [0.3, 0.4) is 0 Å². The zero-order valence-corrected chi connectivity index (χ0v) is 12.6. The molecule has 20 heavy (non-hydrogen) atoms. The second-order valence-corrected chi connectivity index (χ2v) is 5.13. The summed E-state index contributed by atoms with van der Waals surface area (Å²) in [7, 11) is 0. The van der Waals surface area contributed by atoms with Gasteiger partial charge in [0.2, 0.25) is 0 Å². The number of halogens is 1. The van der Waals surface area contributed by atoms with E-state index >= 15 is 0 Å². The van der Waals surface area contributed by atoms with Crippen LogP contribution in [-0.2, 0) is 4.74 Å². The van der Waals surface area contributed by atoms with Crippen molar-refractivity contribution in [1.29, 1.82) is 0 Å². The molecular weight excluding hydrogens is 278 g/mol. The van der Waals surface area contributed by atoms with Gasteiger partial charge >= 0.3 is 0 Å². The first-order chi connectivity index (χ1) is 9.67. The summed E-state index contributed by atoms with van der Waals surface area (Å²) in [6.07, 6.45) is 2.46. The number of pyridine rings is 1. The lowest BCUT2D eigenvalue weighted by Gasteiger charge is -2.35. The lowest BCUT2D eigenvalue weighted by Crippen LogP contribution is -2.48. The van der Waals surface area contributed by atoms with Crippen molar-refractivity contribution in [3.8, 4) is 0 Å². The normalized spacial score (nSPS) is 18.9. The van der Waals surface area contributed by atoms with Crippen molar-refractivity contribution in [2.75, 3.05) is 31.6 Å². The van der Waals surface area contributed by atoms with Gasteiger partial charge in [0.25, 0.3) is 5.91 Å². The maximum Gasteiger partial charge on any atom is 0.255 e. The van der Waals surface area contributed by atoms with Gasteiger partial charge in [-0.25, -0.2) is 4.98 Å². The molecule has 1 saturated heterocycles. The number of anilines is 1. The average Bonchev–Trinajstić information content (AvgIpc) is 2.48. The number of aromatic nitrogens is 1. The Kier molecular flexibility index (Phi) is 5.20. The van der Waals surface area contributed by atoms with Crippen molar-refractivity contribution in [2.24, 2.45) is 0 Å². The summed E-state index contributed by atoms with van der Waals surface area (Å²) in [6.45, 7) is 6.55. The van der Waals surface area contributed by atoms with Gasteiger partial charge in [-0.1, -0.05) is 18.5 Å². The summed E-state index contributed by atoms with van der Waals surface area (Å²) in [5.41, 5.74) is 0.525. The molecule has 2 rings (SSSR count). The van der Waals surface area contributed by atoms with E-state index in [1.807, 2.05) is 11.8 Å². The summed E-state index contributed by atoms with van der Waals surface area (Å²) >= 11 is 6.14. The summed E-state index contributed by atoms with van der Waals surface area (Å²) in [6, 6.07) is 1.81. The van der Waals surface area contributed by atoms with Gasteiger partial charge in [0.15, 0.2) is 0 Å². The molecule has 0 radical (unpaired) electrons. The molecule has 2 heterocycles. The minimum Gasteiger partial charge on any atom is -0.377 e. The predicted octanol–water partition coefficient (Wildman–Crippen LogP) is 2.42. The van der Waals surface area contributed by atoms with Gasteiger partial charge in [-0.3, -0.25) is 4.79 Å². The quantitative estimate of drug-likeness (QED) is 0.927. The minimum atomic E-state index is -0.0300. The molecule has 1 fully saturated rings. The second kappa shape index (κ2) is 6.90. The van der Waals surface area contributed by atoms with Crippen LogP contribution in [0.15, 0.2) is 12.3 Å². The van der Waals surface area contributed by atoms with Gasteiger partial charge in [-0.2, -0.15) is 0 Å². The highest BCUT2D eigenvalue weighted by atomic mass is 35.5. The average molecular weight is 298 g/mol. The number of hydrogen-bond acceptors (Lipinski definition) is 4. The highest BCUT2D eigenvalue weighted by molar-refractivity contribution is 6.33. The Balaban J connectivity index is 2.17. The largest absolute Gasteiger partial charge is 0.377 e. The first kappa shape index (κ1) is 15.1. The van der Waals surface area contributed by atoms with E-state index in [-0.39, 0.29) is 11.9 Å². The van der Waals surface area contributed by atoms with Crippen LogP contribution in [0.25, 0.3) is 0 Å². The second-order valence-electron chi connectivity index (χ2n) is 4.72. The smallest absolute Gasteiger partial charge is 0.255 e. The fourth-order valence-corrected chi connectivity index (χ4v) is 2.51. The van der Waals surface area contributed by atoms with Crippen LogP contribution >= 0.6 is 11.6 Å². The third-order valence-electron chi connectivity index (χ3n) is 3.39. The van der Waals surface area contributed by atoms with Crippen LogP contribution in [0.4, 0.5) is 5.82 Å². The predicted molar refractivity (Wildman–Crippen MR) is 79.3 cm³/mol. The maximum atomic E-state index is 12.5. The van der Waals surface area contributed by atoms with Gasteiger partial charge < -0.3 is 15.0 Å². The molecule has 1 unspecified atom stereocenters. The number of nitrogens with zero attached hydrogens (tertiary/aromatic N) is 2. The van der Waals surface area contributed by atoms with E-state index < -0.39 is 0 Å². The molecule has 0 saturated carbocycles. The number of rotatable bonds is 4. The Morgan fingerprint density at radius 3 is 3.05 bits per heavy atom. The molecule has 0 bridgehead atoms. The summed E-state index contributed by atoms with van der Waals surface area (Å²) < 4.78 is 5.42. The van der Waals surface area contributed by atoms with Crippen LogP contribution in [0, 0.1) is 0 Å². The molecule has 0 spiro atoms. The van der Waals surface area contributed by atoms with E-state index in [0.717, 1.165) is 13.0 Å². The van der Waals surface area contributed by atoms with Crippen LogP contribution in [0.1, 0.15) is 30.6 Å².